The third-order valence-corrected chi connectivity index (χ3v) is 8.16. The number of ether oxygens (including phenoxy) is 1. The number of benzene rings is 2. The highest BCUT2D eigenvalue weighted by Crippen LogP contribution is 2.26. The molecule has 2 aromatic rings. The number of carbonyl (C=O) groups is 1. The first-order chi connectivity index (χ1) is 13.5. The Bertz CT molecular complexity index is 914. The standard InChI is InChI=1S/C19H21BrN2O4S2/c20-17-3-1-2-4-18(17)27-14-19(23)21-13-15-5-7-16(8-6-15)28(24,25)22-9-11-26-12-10-22/h1-8H,9-14H2,(H,21,23). The number of thioether (sulfide) groups is 1. The van der Waals surface area contributed by atoms with E-state index in [1.54, 1.807) is 24.3 Å². The van der Waals surface area contributed by atoms with Gasteiger partial charge in [0.05, 0.1) is 23.9 Å². The zero-order valence-corrected chi connectivity index (χ0v) is 18.4. The highest BCUT2D eigenvalue weighted by molar-refractivity contribution is 9.10. The van der Waals surface area contributed by atoms with E-state index in [2.05, 4.69) is 21.2 Å². The van der Waals surface area contributed by atoms with Gasteiger partial charge in [0.25, 0.3) is 0 Å². The number of nitrogens with one attached hydrogen (secondary N) is 1. The van der Waals surface area contributed by atoms with Gasteiger partial charge in [-0.25, -0.2) is 8.42 Å². The van der Waals surface area contributed by atoms with E-state index in [1.165, 1.54) is 16.1 Å². The molecule has 0 spiro atoms. The number of hydrogen-bond acceptors (Lipinski definition) is 5. The summed E-state index contributed by atoms with van der Waals surface area (Å²) in [6.45, 7) is 1.93. The molecule has 1 amide bonds. The molecule has 0 aromatic heterocycles. The van der Waals surface area contributed by atoms with Crippen molar-refractivity contribution in [2.45, 2.75) is 16.3 Å². The zero-order valence-electron chi connectivity index (χ0n) is 15.1. The van der Waals surface area contributed by atoms with E-state index in [-0.39, 0.29) is 10.8 Å². The molecule has 0 atom stereocenters. The normalized spacial score (nSPS) is 15.3. The minimum Gasteiger partial charge on any atom is -0.379 e. The first-order valence-corrected chi connectivity index (χ1v) is 12.0. The molecule has 28 heavy (non-hydrogen) atoms. The number of carbonyl (C=O) groups excluding carboxylic acids is 1. The Morgan fingerprint density at radius 1 is 1.11 bits per heavy atom. The molecule has 3 rings (SSSR count). The molecule has 1 aliphatic heterocycles. The molecule has 150 valence electrons. The smallest absolute Gasteiger partial charge is 0.243 e. The minimum atomic E-state index is -3.50. The fourth-order valence-corrected chi connectivity index (χ4v) is 5.48. The van der Waals surface area contributed by atoms with Crippen molar-refractivity contribution >= 4 is 43.6 Å². The molecule has 0 saturated carbocycles. The lowest BCUT2D eigenvalue weighted by molar-refractivity contribution is -0.118. The van der Waals surface area contributed by atoms with E-state index in [0.717, 1.165) is 14.9 Å². The number of sulfonamides is 1. The summed E-state index contributed by atoms with van der Waals surface area (Å²) in [5.74, 6) is 0.234. The Labute approximate surface area is 177 Å². The van der Waals surface area contributed by atoms with Crippen LogP contribution in [0.5, 0.6) is 0 Å². The van der Waals surface area contributed by atoms with Crippen LogP contribution in [0, 0.1) is 0 Å². The van der Waals surface area contributed by atoms with Gasteiger partial charge in [-0.1, -0.05) is 24.3 Å². The van der Waals surface area contributed by atoms with Crippen LogP contribution in [0.15, 0.2) is 62.8 Å². The summed E-state index contributed by atoms with van der Waals surface area (Å²) in [5.41, 5.74) is 0.847. The maximum Gasteiger partial charge on any atom is 0.243 e. The molecule has 0 aliphatic carbocycles. The average molecular weight is 485 g/mol. The molecule has 6 nitrogen and oxygen atoms in total. The second kappa shape index (κ2) is 9.89. The van der Waals surface area contributed by atoms with Crippen LogP contribution in [0.25, 0.3) is 0 Å². The maximum absolute atomic E-state index is 12.6. The van der Waals surface area contributed by atoms with Gasteiger partial charge in [0, 0.05) is 29.0 Å². The van der Waals surface area contributed by atoms with E-state index in [1.807, 2.05) is 24.3 Å². The Kier molecular flexibility index (Phi) is 7.53. The average Bonchev–Trinajstić information content (AvgIpc) is 2.72. The fourth-order valence-electron chi connectivity index (χ4n) is 2.67. The molecular formula is C19H21BrN2O4S2. The van der Waals surface area contributed by atoms with Crippen LogP contribution >= 0.6 is 27.7 Å². The molecule has 1 fully saturated rings. The Morgan fingerprint density at radius 2 is 1.79 bits per heavy atom. The van der Waals surface area contributed by atoms with Crippen LogP contribution in [0.1, 0.15) is 5.56 Å². The molecule has 1 saturated heterocycles. The molecule has 0 radical (unpaired) electrons. The first kappa shape index (κ1) is 21.3. The van der Waals surface area contributed by atoms with Gasteiger partial charge in [-0.3, -0.25) is 4.79 Å². The van der Waals surface area contributed by atoms with Crippen molar-refractivity contribution in [3.05, 3.63) is 58.6 Å². The molecule has 1 heterocycles. The molecule has 0 unspecified atom stereocenters. The SMILES string of the molecule is O=C(CSc1ccccc1Br)NCc1ccc(S(=O)(=O)N2CCOCC2)cc1. The third kappa shape index (κ3) is 5.57. The van der Waals surface area contributed by atoms with E-state index >= 15 is 0 Å². The van der Waals surface area contributed by atoms with Crippen LogP contribution in [0.3, 0.4) is 0 Å². The van der Waals surface area contributed by atoms with Crippen LogP contribution in [-0.2, 0) is 26.1 Å². The number of amides is 1. The second-order valence-electron chi connectivity index (χ2n) is 6.16. The maximum atomic E-state index is 12.6. The number of nitrogens with zero attached hydrogens (tertiary/aromatic N) is 1. The zero-order chi connectivity index (χ0) is 20.0. The molecule has 1 N–H and O–H groups in total. The lowest BCUT2D eigenvalue weighted by atomic mass is 10.2. The van der Waals surface area contributed by atoms with Crippen molar-refractivity contribution in [1.29, 1.82) is 0 Å². The number of hydrogen-bond donors (Lipinski definition) is 1. The van der Waals surface area contributed by atoms with Gasteiger partial charge in [0.1, 0.15) is 0 Å². The van der Waals surface area contributed by atoms with Gasteiger partial charge in [0.15, 0.2) is 0 Å². The summed E-state index contributed by atoms with van der Waals surface area (Å²) < 4.78 is 32.8. The minimum absolute atomic E-state index is 0.0780. The highest BCUT2D eigenvalue weighted by Gasteiger charge is 2.26. The van der Waals surface area contributed by atoms with Crippen LogP contribution < -0.4 is 5.32 Å². The van der Waals surface area contributed by atoms with Gasteiger partial charge < -0.3 is 10.1 Å². The van der Waals surface area contributed by atoms with Gasteiger partial charge in [0.2, 0.25) is 15.9 Å². The quantitative estimate of drug-likeness (QED) is 0.611. The van der Waals surface area contributed by atoms with Crippen molar-refractivity contribution in [2.24, 2.45) is 0 Å². The summed E-state index contributed by atoms with van der Waals surface area (Å²) in [5, 5.41) is 2.86. The van der Waals surface area contributed by atoms with E-state index < -0.39 is 10.0 Å². The van der Waals surface area contributed by atoms with Gasteiger partial charge in [-0.2, -0.15) is 4.31 Å². The van der Waals surface area contributed by atoms with Gasteiger partial charge in [-0.05, 0) is 45.8 Å². The largest absolute Gasteiger partial charge is 0.379 e. The topological polar surface area (TPSA) is 75.7 Å². The van der Waals surface area contributed by atoms with Crippen molar-refractivity contribution < 1.29 is 17.9 Å². The van der Waals surface area contributed by atoms with Crippen molar-refractivity contribution in [2.75, 3.05) is 32.1 Å². The predicted molar refractivity (Wildman–Crippen MR) is 113 cm³/mol. The highest BCUT2D eigenvalue weighted by atomic mass is 79.9. The predicted octanol–water partition coefficient (Wildman–Crippen LogP) is 2.88. The molecule has 1 aliphatic rings. The van der Waals surface area contributed by atoms with Crippen LogP contribution in [0.4, 0.5) is 0 Å². The number of halogens is 1. The lowest BCUT2D eigenvalue weighted by Crippen LogP contribution is -2.40. The second-order valence-corrected chi connectivity index (χ2v) is 9.97. The van der Waals surface area contributed by atoms with Gasteiger partial charge >= 0.3 is 0 Å². The van der Waals surface area contributed by atoms with E-state index in [9.17, 15) is 13.2 Å². The lowest BCUT2D eigenvalue weighted by Gasteiger charge is -2.26. The molecule has 9 heteroatoms. The summed E-state index contributed by atoms with van der Waals surface area (Å²) in [6, 6.07) is 14.4. The van der Waals surface area contributed by atoms with E-state index in [4.69, 9.17) is 4.74 Å². The summed E-state index contributed by atoms with van der Waals surface area (Å²) in [7, 11) is -3.50. The first-order valence-electron chi connectivity index (χ1n) is 8.78. The molecule has 2 aromatic carbocycles. The summed E-state index contributed by atoms with van der Waals surface area (Å²) in [6.07, 6.45) is 0. The number of morpholine rings is 1. The van der Waals surface area contributed by atoms with Crippen LogP contribution in [0.2, 0.25) is 0 Å². The Morgan fingerprint density at radius 3 is 2.46 bits per heavy atom. The van der Waals surface area contributed by atoms with Crippen molar-refractivity contribution in [3.8, 4) is 0 Å². The summed E-state index contributed by atoms with van der Waals surface area (Å²) in [4.78, 5) is 13.3. The fraction of sp³-hybridized carbons (Fsp3) is 0.316. The van der Waals surface area contributed by atoms with Gasteiger partial charge in [-0.15, -0.1) is 11.8 Å². The Balaban J connectivity index is 1.51. The van der Waals surface area contributed by atoms with E-state index in [0.29, 0.717) is 38.6 Å². The van der Waals surface area contributed by atoms with Crippen molar-refractivity contribution in [1.82, 2.24) is 9.62 Å². The number of rotatable bonds is 7. The Hall–Kier alpha value is -1.39. The van der Waals surface area contributed by atoms with Crippen LogP contribution in [-0.4, -0.2) is 50.7 Å². The molecule has 0 bridgehead atoms. The third-order valence-electron chi connectivity index (χ3n) is 4.22. The monoisotopic (exact) mass is 484 g/mol. The van der Waals surface area contributed by atoms with Crippen molar-refractivity contribution in [3.63, 3.8) is 0 Å². The molecular weight excluding hydrogens is 464 g/mol. The summed E-state index contributed by atoms with van der Waals surface area (Å²) >= 11 is 4.92.